The zero-order valence-electron chi connectivity index (χ0n) is 14.5. The summed E-state index contributed by atoms with van der Waals surface area (Å²) in [5.74, 6) is -0.541. The molecule has 9 heteroatoms. The van der Waals surface area contributed by atoms with Gasteiger partial charge in [-0.1, -0.05) is 13.8 Å². The molecule has 0 aliphatic carbocycles. The summed E-state index contributed by atoms with van der Waals surface area (Å²) in [5.41, 5.74) is 0.729. The van der Waals surface area contributed by atoms with Crippen molar-refractivity contribution in [3.63, 3.8) is 0 Å². The maximum Gasteiger partial charge on any atom is 0.271 e. The zero-order chi connectivity index (χ0) is 18.6. The number of hydrazone groups is 1. The molecular weight excluding hydrogens is 344 g/mol. The number of anilines is 1. The average molecular weight is 366 g/mol. The third-order valence-electron chi connectivity index (χ3n) is 3.92. The summed E-state index contributed by atoms with van der Waals surface area (Å²) in [7, 11) is -2.03. The van der Waals surface area contributed by atoms with Gasteiger partial charge in [0.1, 0.15) is 5.71 Å². The van der Waals surface area contributed by atoms with Gasteiger partial charge in [0, 0.05) is 38.7 Å². The van der Waals surface area contributed by atoms with Crippen LogP contribution in [0.4, 0.5) is 5.69 Å². The second kappa shape index (κ2) is 7.75. The lowest BCUT2D eigenvalue weighted by molar-refractivity contribution is -0.130. The molecule has 2 amide bonds. The number of carbonyl (C=O) groups is 2. The van der Waals surface area contributed by atoms with Crippen molar-refractivity contribution in [1.29, 1.82) is 0 Å². The summed E-state index contributed by atoms with van der Waals surface area (Å²) in [4.78, 5) is 23.8. The summed E-state index contributed by atoms with van der Waals surface area (Å²) >= 11 is 0. The number of rotatable bonds is 6. The van der Waals surface area contributed by atoms with Crippen molar-refractivity contribution in [3.8, 4) is 0 Å². The van der Waals surface area contributed by atoms with Gasteiger partial charge in [0.2, 0.25) is 15.9 Å². The molecule has 1 N–H and O–H groups in total. The Hall–Kier alpha value is -2.26. The minimum Gasteiger partial charge on any atom is -0.321 e. The molecule has 0 fully saturated rings. The van der Waals surface area contributed by atoms with Crippen LogP contribution in [0.5, 0.6) is 0 Å². The molecule has 0 saturated heterocycles. The van der Waals surface area contributed by atoms with Crippen molar-refractivity contribution in [2.45, 2.75) is 31.6 Å². The Morgan fingerprint density at radius 3 is 2.32 bits per heavy atom. The highest BCUT2D eigenvalue weighted by atomic mass is 32.2. The number of benzene rings is 1. The molecule has 1 aliphatic heterocycles. The summed E-state index contributed by atoms with van der Waals surface area (Å²) in [6.45, 7) is 4.34. The first-order chi connectivity index (χ1) is 11.8. The molecule has 8 nitrogen and oxygen atoms in total. The number of sulfonamides is 1. The van der Waals surface area contributed by atoms with Crippen LogP contribution in [0.1, 0.15) is 26.7 Å². The Morgan fingerprint density at radius 1 is 1.20 bits per heavy atom. The standard InChI is InChI=1S/C16H22N4O4S/c1-4-20(5-2)25(23,24)13-8-6-12(7-9-13)17-16(22)14-10-11-15(21)19(3)18-14/h6-9H,4-5,10-11H2,1-3H3,(H,17,22). The van der Waals surface area contributed by atoms with Crippen LogP contribution in [0.25, 0.3) is 0 Å². The van der Waals surface area contributed by atoms with E-state index in [1.807, 2.05) is 0 Å². The molecule has 25 heavy (non-hydrogen) atoms. The van der Waals surface area contributed by atoms with Crippen molar-refractivity contribution in [2.24, 2.45) is 5.10 Å². The first-order valence-electron chi connectivity index (χ1n) is 8.05. The van der Waals surface area contributed by atoms with E-state index in [9.17, 15) is 18.0 Å². The van der Waals surface area contributed by atoms with E-state index in [2.05, 4.69) is 10.4 Å². The van der Waals surface area contributed by atoms with E-state index < -0.39 is 15.9 Å². The maximum absolute atomic E-state index is 12.4. The monoisotopic (exact) mass is 366 g/mol. The van der Waals surface area contributed by atoms with E-state index in [0.717, 1.165) is 5.01 Å². The summed E-state index contributed by atoms with van der Waals surface area (Å²) in [5, 5.41) is 7.77. The highest BCUT2D eigenvalue weighted by Gasteiger charge is 2.23. The zero-order valence-corrected chi connectivity index (χ0v) is 15.3. The third kappa shape index (κ3) is 4.23. The van der Waals surface area contributed by atoms with Crippen molar-refractivity contribution >= 4 is 33.2 Å². The number of amides is 2. The van der Waals surface area contributed by atoms with Crippen LogP contribution in [0.2, 0.25) is 0 Å². The van der Waals surface area contributed by atoms with E-state index in [1.54, 1.807) is 13.8 Å². The molecule has 1 heterocycles. The van der Waals surface area contributed by atoms with Crippen LogP contribution < -0.4 is 5.32 Å². The van der Waals surface area contributed by atoms with Gasteiger partial charge in [0.25, 0.3) is 5.91 Å². The molecule has 0 radical (unpaired) electrons. The normalized spacial score (nSPS) is 15.3. The Morgan fingerprint density at radius 2 is 1.80 bits per heavy atom. The lowest BCUT2D eigenvalue weighted by Crippen LogP contribution is -2.34. The Labute approximate surface area is 147 Å². The highest BCUT2D eigenvalue weighted by Crippen LogP contribution is 2.18. The second-order valence-electron chi connectivity index (χ2n) is 5.53. The second-order valence-corrected chi connectivity index (χ2v) is 7.47. The van der Waals surface area contributed by atoms with Gasteiger partial charge in [-0.15, -0.1) is 0 Å². The number of nitrogens with one attached hydrogen (secondary N) is 1. The van der Waals surface area contributed by atoms with Gasteiger partial charge in [-0.3, -0.25) is 9.59 Å². The number of hydrogen-bond donors (Lipinski definition) is 1. The van der Waals surface area contributed by atoms with Crippen molar-refractivity contribution in [2.75, 3.05) is 25.5 Å². The van der Waals surface area contributed by atoms with Gasteiger partial charge in [-0.2, -0.15) is 9.41 Å². The summed E-state index contributed by atoms with van der Waals surface area (Å²) in [6, 6.07) is 5.99. The Bertz CT molecular complexity index is 783. The molecule has 1 aliphatic rings. The fraction of sp³-hybridized carbons (Fsp3) is 0.438. The maximum atomic E-state index is 12.4. The van der Waals surface area contributed by atoms with Crippen molar-refractivity contribution in [1.82, 2.24) is 9.31 Å². The summed E-state index contributed by atoms with van der Waals surface area (Å²) in [6.07, 6.45) is 0.521. The van der Waals surface area contributed by atoms with Crippen molar-refractivity contribution in [3.05, 3.63) is 24.3 Å². The largest absolute Gasteiger partial charge is 0.321 e. The lowest BCUT2D eigenvalue weighted by atomic mass is 10.1. The third-order valence-corrected chi connectivity index (χ3v) is 5.99. The van der Waals surface area contributed by atoms with Gasteiger partial charge >= 0.3 is 0 Å². The lowest BCUT2D eigenvalue weighted by Gasteiger charge is -2.19. The average Bonchev–Trinajstić information content (AvgIpc) is 2.58. The predicted octanol–water partition coefficient (Wildman–Crippen LogP) is 1.26. The molecule has 136 valence electrons. The molecule has 0 spiro atoms. The molecule has 1 aromatic rings. The molecular formula is C16H22N4O4S. The van der Waals surface area contributed by atoms with Crippen LogP contribution in [-0.2, 0) is 19.6 Å². The summed E-state index contributed by atoms with van der Waals surface area (Å²) < 4.78 is 26.2. The minimum absolute atomic E-state index is 0.137. The molecule has 0 saturated carbocycles. The molecule has 0 atom stereocenters. The first-order valence-corrected chi connectivity index (χ1v) is 9.49. The van der Waals surface area contributed by atoms with Crippen LogP contribution in [0.15, 0.2) is 34.3 Å². The van der Waals surface area contributed by atoms with Gasteiger partial charge < -0.3 is 5.32 Å². The Balaban J connectivity index is 2.12. The van der Waals surface area contributed by atoms with E-state index in [4.69, 9.17) is 0 Å². The SMILES string of the molecule is CCN(CC)S(=O)(=O)c1ccc(NC(=O)C2=NN(C)C(=O)CC2)cc1. The molecule has 0 aromatic heterocycles. The molecule has 1 aromatic carbocycles. The number of nitrogens with zero attached hydrogens (tertiary/aromatic N) is 3. The van der Waals surface area contributed by atoms with Gasteiger partial charge in [0.15, 0.2) is 0 Å². The molecule has 0 unspecified atom stereocenters. The minimum atomic E-state index is -3.53. The fourth-order valence-corrected chi connectivity index (χ4v) is 3.92. The van der Waals surface area contributed by atoms with Gasteiger partial charge in [0.05, 0.1) is 4.90 Å². The predicted molar refractivity (Wildman–Crippen MR) is 94.6 cm³/mol. The quantitative estimate of drug-likeness (QED) is 0.819. The number of hydrogen-bond acceptors (Lipinski definition) is 5. The fourth-order valence-electron chi connectivity index (χ4n) is 2.46. The van der Waals surface area contributed by atoms with Crippen LogP contribution in [-0.4, -0.2) is 55.4 Å². The van der Waals surface area contributed by atoms with Gasteiger partial charge in [-0.25, -0.2) is 13.4 Å². The molecule has 0 bridgehead atoms. The van der Waals surface area contributed by atoms with Crippen LogP contribution in [0, 0.1) is 0 Å². The van der Waals surface area contributed by atoms with Crippen molar-refractivity contribution < 1.29 is 18.0 Å². The first kappa shape index (κ1) is 19.1. The topological polar surface area (TPSA) is 99.2 Å². The smallest absolute Gasteiger partial charge is 0.271 e. The van der Waals surface area contributed by atoms with E-state index in [-0.39, 0.29) is 29.4 Å². The highest BCUT2D eigenvalue weighted by molar-refractivity contribution is 7.89. The van der Waals surface area contributed by atoms with E-state index >= 15 is 0 Å². The Kier molecular flexibility index (Phi) is 5.91. The van der Waals surface area contributed by atoms with Crippen LogP contribution >= 0.6 is 0 Å². The van der Waals surface area contributed by atoms with Gasteiger partial charge in [-0.05, 0) is 24.3 Å². The van der Waals surface area contributed by atoms with E-state index in [0.29, 0.717) is 18.8 Å². The number of carbonyl (C=O) groups excluding carboxylic acids is 2. The molecule has 2 rings (SSSR count). The van der Waals surface area contributed by atoms with Crippen LogP contribution in [0.3, 0.4) is 0 Å². The van der Waals surface area contributed by atoms with E-state index in [1.165, 1.54) is 35.6 Å².